The van der Waals surface area contributed by atoms with Gasteiger partial charge in [0.05, 0.1) is 12.0 Å². The molecule has 22 heavy (non-hydrogen) atoms. The zero-order valence-corrected chi connectivity index (χ0v) is 12.8. The van der Waals surface area contributed by atoms with Gasteiger partial charge in [0.25, 0.3) is 0 Å². The van der Waals surface area contributed by atoms with Gasteiger partial charge in [-0.05, 0) is 49.9 Å². The van der Waals surface area contributed by atoms with Crippen molar-refractivity contribution in [3.63, 3.8) is 0 Å². The number of benzene rings is 1. The summed E-state index contributed by atoms with van der Waals surface area (Å²) in [5.74, 6) is -0.679. The smallest absolute Gasteiger partial charge is 0.316 e. The first-order chi connectivity index (χ1) is 10.6. The number of aromatic nitrogens is 2. The molecule has 6 heteroatoms. The van der Waals surface area contributed by atoms with Gasteiger partial charge >= 0.3 is 5.97 Å². The number of aliphatic carboxylic acids is 1. The van der Waals surface area contributed by atoms with Gasteiger partial charge in [-0.2, -0.15) is 0 Å². The van der Waals surface area contributed by atoms with Crippen molar-refractivity contribution in [2.24, 2.45) is 11.7 Å². The van der Waals surface area contributed by atoms with E-state index in [1.807, 2.05) is 22.8 Å². The standard InChI is InChI=1S/C16H18ClN3O2/c17-12-4-1-5-13(7-12)20-9-14(19-10-20)16(15(21)22)8-11(16)3-2-6-18/h1,4-5,7,9-11H,2-3,6,8,18H2,(H,21,22). The summed E-state index contributed by atoms with van der Waals surface area (Å²) in [4.78, 5) is 16.1. The first kappa shape index (κ1) is 15.1. The summed E-state index contributed by atoms with van der Waals surface area (Å²) in [5, 5.41) is 10.3. The van der Waals surface area contributed by atoms with E-state index >= 15 is 0 Å². The fraction of sp³-hybridized carbons (Fsp3) is 0.375. The second-order valence-electron chi connectivity index (χ2n) is 5.75. The van der Waals surface area contributed by atoms with Crippen molar-refractivity contribution in [3.05, 3.63) is 47.5 Å². The Morgan fingerprint density at radius 3 is 3.05 bits per heavy atom. The zero-order valence-electron chi connectivity index (χ0n) is 12.1. The van der Waals surface area contributed by atoms with Crippen LogP contribution in [0.5, 0.6) is 0 Å². The summed E-state index contributed by atoms with van der Waals surface area (Å²) < 4.78 is 1.81. The second-order valence-corrected chi connectivity index (χ2v) is 6.19. The summed E-state index contributed by atoms with van der Waals surface area (Å²) in [5.41, 5.74) is 6.15. The molecule has 1 aliphatic rings. The molecule has 2 unspecified atom stereocenters. The maximum absolute atomic E-state index is 11.8. The maximum atomic E-state index is 11.8. The maximum Gasteiger partial charge on any atom is 0.316 e. The molecule has 0 radical (unpaired) electrons. The molecule has 1 heterocycles. The quantitative estimate of drug-likeness (QED) is 0.857. The average Bonchev–Trinajstić information content (AvgIpc) is 3.02. The zero-order chi connectivity index (χ0) is 15.7. The van der Waals surface area contributed by atoms with Crippen LogP contribution in [0.15, 0.2) is 36.8 Å². The lowest BCUT2D eigenvalue weighted by atomic mass is 9.98. The fourth-order valence-electron chi connectivity index (χ4n) is 3.06. The van der Waals surface area contributed by atoms with Crippen molar-refractivity contribution in [1.82, 2.24) is 9.55 Å². The Kier molecular flexibility index (Phi) is 3.93. The molecular weight excluding hydrogens is 302 g/mol. The molecule has 0 amide bonds. The van der Waals surface area contributed by atoms with E-state index in [0.29, 0.717) is 23.7 Å². The molecule has 1 saturated carbocycles. The highest BCUT2D eigenvalue weighted by Crippen LogP contribution is 2.56. The van der Waals surface area contributed by atoms with Crippen LogP contribution in [0.1, 0.15) is 25.0 Å². The van der Waals surface area contributed by atoms with Crippen LogP contribution in [-0.4, -0.2) is 27.2 Å². The van der Waals surface area contributed by atoms with Gasteiger partial charge in [-0.15, -0.1) is 0 Å². The van der Waals surface area contributed by atoms with Crippen LogP contribution in [0.25, 0.3) is 5.69 Å². The van der Waals surface area contributed by atoms with Gasteiger partial charge in [-0.1, -0.05) is 17.7 Å². The molecular formula is C16H18ClN3O2. The van der Waals surface area contributed by atoms with Gasteiger partial charge in [0.15, 0.2) is 0 Å². The minimum atomic E-state index is -0.848. The van der Waals surface area contributed by atoms with Crippen LogP contribution in [-0.2, 0) is 10.2 Å². The number of hydrogen-bond donors (Lipinski definition) is 2. The van der Waals surface area contributed by atoms with Crippen molar-refractivity contribution in [1.29, 1.82) is 0 Å². The molecule has 3 rings (SSSR count). The van der Waals surface area contributed by atoms with E-state index in [1.54, 1.807) is 18.6 Å². The first-order valence-corrected chi connectivity index (χ1v) is 7.69. The summed E-state index contributed by atoms with van der Waals surface area (Å²) in [6.07, 6.45) is 5.74. The number of rotatable bonds is 6. The van der Waals surface area contributed by atoms with E-state index in [4.69, 9.17) is 17.3 Å². The normalized spacial score (nSPS) is 23.5. The molecule has 1 aliphatic carbocycles. The predicted octanol–water partition coefficient (Wildman–Crippen LogP) is 2.61. The van der Waals surface area contributed by atoms with Crippen molar-refractivity contribution < 1.29 is 9.90 Å². The third-order valence-corrected chi connectivity index (χ3v) is 4.62. The van der Waals surface area contributed by atoms with Crippen LogP contribution < -0.4 is 5.73 Å². The van der Waals surface area contributed by atoms with Crippen LogP contribution in [0.3, 0.4) is 0 Å². The molecule has 2 aromatic rings. The number of imidazole rings is 1. The molecule has 0 saturated heterocycles. The average molecular weight is 320 g/mol. The molecule has 116 valence electrons. The van der Waals surface area contributed by atoms with Crippen molar-refractivity contribution >= 4 is 17.6 Å². The van der Waals surface area contributed by atoms with Crippen molar-refractivity contribution in [2.45, 2.75) is 24.7 Å². The fourth-order valence-corrected chi connectivity index (χ4v) is 3.24. The molecule has 0 bridgehead atoms. The Labute approximate surface area is 133 Å². The van der Waals surface area contributed by atoms with Gasteiger partial charge in [0.2, 0.25) is 0 Å². The number of halogens is 1. The third-order valence-electron chi connectivity index (χ3n) is 4.39. The molecule has 3 N–H and O–H groups in total. The molecule has 1 fully saturated rings. The number of carbonyl (C=O) groups is 1. The Hall–Kier alpha value is -1.85. The predicted molar refractivity (Wildman–Crippen MR) is 84.3 cm³/mol. The lowest BCUT2D eigenvalue weighted by Crippen LogP contribution is -2.23. The highest BCUT2D eigenvalue weighted by molar-refractivity contribution is 6.30. The van der Waals surface area contributed by atoms with Crippen LogP contribution in [0, 0.1) is 5.92 Å². The molecule has 1 aromatic carbocycles. The monoisotopic (exact) mass is 319 g/mol. The second kappa shape index (κ2) is 5.74. The summed E-state index contributed by atoms with van der Waals surface area (Å²) in [6.45, 7) is 0.586. The van der Waals surface area contributed by atoms with E-state index < -0.39 is 11.4 Å². The Balaban J connectivity index is 1.88. The third kappa shape index (κ3) is 2.51. The molecule has 2 atom stereocenters. The Bertz CT molecular complexity index is 700. The van der Waals surface area contributed by atoms with E-state index in [0.717, 1.165) is 18.5 Å². The van der Waals surface area contributed by atoms with Crippen molar-refractivity contribution in [3.8, 4) is 5.69 Å². The minimum absolute atomic E-state index is 0.122. The lowest BCUT2D eigenvalue weighted by molar-refractivity contribution is -0.140. The number of hydrogen-bond acceptors (Lipinski definition) is 3. The number of carboxylic acid groups (broad SMARTS) is 1. The Morgan fingerprint density at radius 2 is 2.36 bits per heavy atom. The van der Waals surface area contributed by atoms with Crippen LogP contribution in [0.4, 0.5) is 0 Å². The number of nitrogens with two attached hydrogens (primary N) is 1. The summed E-state index contributed by atoms with van der Waals surface area (Å²) in [6, 6.07) is 7.37. The number of carboxylic acids is 1. The molecule has 1 aromatic heterocycles. The van der Waals surface area contributed by atoms with Crippen LogP contribution in [0.2, 0.25) is 5.02 Å². The highest BCUT2D eigenvalue weighted by atomic mass is 35.5. The molecule has 0 aliphatic heterocycles. The topological polar surface area (TPSA) is 81.1 Å². The van der Waals surface area contributed by atoms with E-state index in [9.17, 15) is 9.90 Å². The van der Waals surface area contributed by atoms with Gasteiger partial charge in [-0.25, -0.2) is 4.98 Å². The lowest BCUT2D eigenvalue weighted by Gasteiger charge is -2.09. The minimum Gasteiger partial charge on any atom is -0.481 e. The largest absolute Gasteiger partial charge is 0.481 e. The van der Waals surface area contributed by atoms with Crippen molar-refractivity contribution in [2.75, 3.05) is 6.54 Å². The number of nitrogens with zero attached hydrogens (tertiary/aromatic N) is 2. The Morgan fingerprint density at radius 1 is 1.55 bits per heavy atom. The first-order valence-electron chi connectivity index (χ1n) is 7.32. The summed E-state index contributed by atoms with van der Waals surface area (Å²) >= 11 is 5.99. The molecule has 0 spiro atoms. The van der Waals surface area contributed by atoms with Crippen LogP contribution >= 0.6 is 11.6 Å². The van der Waals surface area contributed by atoms with Gasteiger partial charge < -0.3 is 15.4 Å². The van der Waals surface area contributed by atoms with Gasteiger partial charge in [0.1, 0.15) is 5.41 Å². The summed E-state index contributed by atoms with van der Waals surface area (Å²) in [7, 11) is 0. The SMILES string of the molecule is NCCCC1CC1(C(=O)O)c1cn(-c2cccc(Cl)c2)cn1. The molecule has 5 nitrogen and oxygen atoms in total. The van der Waals surface area contributed by atoms with E-state index in [2.05, 4.69) is 4.98 Å². The van der Waals surface area contributed by atoms with E-state index in [-0.39, 0.29) is 5.92 Å². The van der Waals surface area contributed by atoms with Gasteiger partial charge in [-0.3, -0.25) is 4.79 Å². The van der Waals surface area contributed by atoms with E-state index in [1.165, 1.54) is 0 Å². The van der Waals surface area contributed by atoms with Gasteiger partial charge in [0, 0.05) is 16.9 Å². The highest BCUT2D eigenvalue weighted by Gasteiger charge is 2.62.